The van der Waals surface area contributed by atoms with E-state index in [-0.39, 0.29) is 29.9 Å². The van der Waals surface area contributed by atoms with Gasteiger partial charge in [0, 0.05) is 49.2 Å². The van der Waals surface area contributed by atoms with Crippen molar-refractivity contribution in [3.63, 3.8) is 0 Å². The van der Waals surface area contributed by atoms with E-state index in [1.807, 2.05) is 29.2 Å². The zero-order chi connectivity index (χ0) is 26.9. The molecule has 1 amide bonds. The maximum Gasteiger partial charge on any atom is 0.409 e. The first-order valence-corrected chi connectivity index (χ1v) is 13.6. The van der Waals surface area contributed by atoms with Crippen LogP contribution in [0.15, 0.2) is 70.7 Å². The summed E-state index contributed by atoms with van der Waals surface area (Å²) < 4.78 is 42.8. The van der Waals surface area contributed by atoms with E-state index in [0.717, 1.165) is 17.2 Å². The fourth-order valence-electron chi connectivity index (χ4n) is 5.27. The Balaban J connectivity index is 1.21. The molecule has 0 atom stereocenters. The predicted molar refractivity (Wildman–Crippen MR) is 140 cm³/mol. The van der Waals surface area contributed by atoms with Crippen LogP contribution in [0.25, 0.3) is 21.6 Å². The van der Waals surface area contributed by atoms with Crippen LogP contribution in [-0.4, -0.2) is 57.1 Å². The molecule has 1 heterocycles. The van der Waals surface area contributed by atoms with Crippen LogP contribution in [0, 0.1) is 6.92 Å². The van der Waals surface area contributed by atoms with Crippen molar-refractivity contribution in [2.45, 2.75) is 24.3 Å². The topological polar surface area (TPSA) is 116 Å². The highest BCUT2D eigenvalue weighted by Crippen LogP contribution is 2.44. The Bertz CT molecular complexity index is 1500. The van der Waals surface area contributed by atoms with E-state index in [0.29, 0.717) is 38.3 Å². The Morgan fingerprint density at radius 3 is 2.24 bits per heavy atom. The first-order chi connectivity index (χ1) is 18.3. The van der Waals surface area contributed by atoms with E-state index in [1.165, 1.54) is 18.1 Å². The van der Waals surface area contributed by atoms with Crippen molar-refractivity contribution in [3.8, 4) is 11.1 Å². The number of benzene rings is 3. The number of hydrogen-bond acceptors (Lipinski definition) is 6. The van der Waals surface area contributed by atoms with Crippen LogP contribution in [0.1, 0.15) is 28.2 Å². The minimum Gasteiger partial charge on any atom is -0.448 e. The fourth-order valence-corrected chi connectivity index (χ4v) is 6.03. The fraction of sp³-hybridized carbons (Fsp3) is 0.296. The molecule has 0 spiro atoms. The molecule has 0 bridgehead atoms. The molecular formula is C27H26FN5O4S. The molecule has 0 N–H and O–H groups in total. The van der Waals surface area contributed by atoms with Gasteiger partial charge in [-0.15, -0.1) is 3.89 Å². The molecule has 1 saturated heterocycles. The first-order valence-electron chi connectivity index (χ1n) is 12.2. The number of amides is 1. The number of azide groups is 1. The minimum atomic E-state index is -4.98. The summed E-state index contributed by atoms with van der Waals surface area (Å²) in [4.78, 5) is 18.8. The summed E-state index contributed by atoms with van der Waals surface area (Å²) in [5.74, 6) is -0.0139. The third-order valence-corrected chi connectivity index (χ3v) is 8.19. The number of rotatable bonds is 6. The highest BCUT2D eigenvalue weighted by molar-refractivity contribution is 7.86. The molecule has 0 radical (unpaired) electrons. The molecule has 1 aliphatic heterocycles. The van der Waals surface area contributed by atoms with Crippen molar-refractivity contribution in [3.05, 3.63) is 93.4 Å². The van der Waals surface area contributed by atoms with Gasteiger partial charge < -0.3 is 9.64 Å². The molecule has 11 heteroatoms. The molecule has 5 rings (SSSR count). The van der Waals surface area contributed by atoms with Crippen molar-refractivity contribution in [1.29, 1.82) is 0 Å². The second kappa shape index (κ2) is 10.4. The van der Waals surface area contributed by atoms with Gasteiger partial charge in [0.2, 0.25) is 0 Å². The number of ether oxygens (including phenoxy) is 1. The molecule has 3 aromatic rings. The highest BCUT2D eigenvalue weighted by atomic mass is 32.3. The Labute approximate surface area is 220 Å². The summed E-state index contributed by atoms with van der Waals surface area (Å²) in [6.07, 6.45) is -0.376. The van der Waals surface area contributed by atoms with Crippen LogP contribution in [0.5, 0.6) is 0 Å². The molecule has 0 unspecified atom stereocenters. The average molecular weight is 536 g/mol. The second-order valence-corrected chi connectivity index (χ2v) is 10.7. The molecule has 2 aliphatic rings. The average Bonchev–Trinajstić information content (AvgIpc) is 3.22. The molecule has 9 nitrogen and oxygen atoms in total. The Morgan fingerprint density at radius 1 is 1.05 bits per heavy atom. The van der Waals surface area contributed by atoms with Gasteiger partial charge in [-0.2, -0.15) is 8.42 Å². The molecule has 0 aromatic heterocycles. The standard InChI is InChI=1S/C27H26FN5O4S/c1-18-19(14-20(30-31-29)15-26(18)38(28,35)36)16-32-10-12-33(13-11-32)27(34)37-17-25-23-8-4-2-6-21(23)22-7-3-5-9-24(22)25/h2-9,14-15,25H,10-13,16-17H2,1H3. The van der Waals surface area contributed by atoms with Gasteiger partial charge in [0.25, 0.3) is 0 Å². The summed E-state index contributed by atoms with van der Waals surface area (Å²) in [6, 6.07) is 18.9. The van der Waals surface area contributed by atoms with E-state index < -0.39 is 15.1 Å². The smallest absolute Gasteiger partial charge is 0.409 e. The molecule has 38 heavy (non-hydrogen) atoms. The van der Waals surface area contributed by atoms with Crippen LogP contribution in [0.4, 0.5) is 14.4 Å². The van der Waals surface area contributed by atoms with E-state index in [1.54, 1.807) is 11.0 Å². The van der Waals surface area contributed by atoms with Gasteiger partial charge in [-0.1, -0.05) is 53.6 Å². The predicted octanol–water partition coefficient (Wildman–Crippen LogP) is 5.66. The highest BCUT2D eigenvalue weighted by Gasteiger charge is 2.30. The summed E-state index contributed by atoms with van der Waals surface area (Å²) in [5.41, 5.74) is 14.2. The van der Waals surface area contributed by atoms with Gasteiger partial charge in [0.15, 0.2) is 0 Å². The summed E-state index contributed by atoms with van der Waals surface area (Å²) >= 11 is 0. The van der Waals surface area contributed by atoms with Crippen molar-refractivity contribution in [2.75, 3.05) is 32.8 Å². The van der Waals surface area contributed by atoms with Gasteiger partial charge >= 0.3 is 16.3 Å². The Morgan fingerprint density at radius 2 is 1.66 bits per heavy atom. The SMILES string of the molecule is Cc1c(CN2CCN(C(=O)OCC3c4ccccc4-c4ccccc43)CC2)cc(N=[N+]=[N-])cc1S(=O)(=O)F. The zero-order valence-electron chi connectivity index (χ0n) is 20.7. The van der Waals surface area contributed by atoms with Gasteiger partial charge in [-0.05, 0) is 58.0 Å². The number of carbonyl (C=O) groups excluding carboxylic acids is 1. The number of halogens is 1. The third kappa shape index (κ3) is 5.08. The maximum atomic E-state index is 13.8. The van der Waals surface area contributed by atoms with Crippen molar-refractivity contribution >= 4 is 22.0 Å². The van der Waals surface area contributed by atoms with Crippen LogP contribution in [0.2, 0.25) is 0 Å². The van der Waals surface area contributed by atoms with Crippen LogP contribution < -0.4 is 0 Å². The van der Waals surface area contributed by atoms with Crippen LogP contribution in [-0.2, 0) is 21.5 Å². The largest absolute Gasteiger partial charge is 0.448 e. The summed E-state index contributed by atoms with van der Waals surface area (Å²) in [5, 5.41) is 3.45. The number of carbonyl (C=O) groups is 1. The lowest BCUT2D eigenvalue weighted by molar-refractivity contribution is 0.0728. The Kier molecular flexibility index (Phi) is 7.07. The van der Waals surface area contributed by atoms with Crippen LogP contribution in [0.3, 0.4) is 0 Å². The van der Waals surface area contributed by atoms with E-state index >= 15 is 0 Å². The van der Waals surface area contributed by atoms with Crippen molar-refractivity contribution in [1.82, 2.24) is 9.80 Å². The van der Waals surface area contributed by atoms with E-state index in [9.17, 15) is 17.1 Å². The number of fused-ring (bicyclic) bond motifs is 3. The second-order valence-electron chi connectivity index (χ2n) is 9.42. The van der Waals surface area contributed by atoms with Crippen LogP contribution >= 0.6 is 0 Å². The molecule has 1 aliphatic carbocycles. The number of hydrogen-bond donors (Lipinski definition) is 0. The molecular weight excluding hydrogens is 509 g/mol. The van der Waals surface area contributed by atoms with E-state index in [4.69, 9.17) is 10.3 Å². The van der Waals surface area contributed by atoms with Crippen molar-refractivity contribution in [2.24, 2.45) is 5.11 Å². The molecule has 1 fully saturated rings. The maximum absolute atomic E-state index is 13.8. The first kappa shape index (κ1) is 25.7. The minimum absolute atomic E-state index is 0.0139. The molecule has 196 valence electrons. The Hall–Kier alpha value is -3.92. The molecule has 3 aromatic carbocycles. The number of piperazine rings is 1. The summed E-state index contributed by atoms with van der Waals surface area (Å²) in [6.45, 7) is 4.00. The monoisotopic (exact) mass is 535 g/mol. The van der Waals surface area contributed by atoms with Gasteiger partial charge in [-0.25, -0.2) is 4.79 Å². The number of nitrogens with zero attached hydrogens (tertiary/aromatic N) is 5. The zero-order valence-corrected chi connectivity index (χ0v) is 21.6. The summed E-state index contributed by atoms with van der Waals surface area (Å²) in [7, 11) is -4.98. The lowest BCUT2D eigenvalue weighted by atomic mass is 9.98. The normalized spacial score (nSPS) is 15.5. The third-order valence-electron chi connectivity index (χ3n) is 7.24. The quantitative estimate of drug-likeness (QED) is 0.175. The lowest BCUT2D eigenvalue weighted by Gasteiger charge is -2.34. The van der Waals surface area contributed by atoms with Gasteiger partial charge in [0.05, 0.1) is 0 Å². The van der Waals surface area contributed by atoms with Crippen molar-refractivity contribution < 1.29 is 21.8 Å². The lowest BCUT2D eigenvalue weighted by Crippen LogP contribution is -2.48. The van der Waals surface area contributed by atoms with Gasteiger partial charge in [-0.3, -0.25) is 4.90 Å². The van der Waals surface area contributed by atoms with Gasteiger partial charge in [0.1, 0.15) is 11.5 Å². The van der Waals surface area contributed by atoms with E-state index in [2.05, 4.69) is 34.3 Å². The molecule has 0 saturated carbocycles.